The SMILES string of the molecule is CCC(C)C(Cl)c1cc(F)c(C)cc1F. The minimum Gasteiger partial charge on any atom is -0.207 e. The van der Waals surface area contributed by atoms with Crippen LogP contribution in [0.25, 0.3) is 0 Å². The van der Waals surface area contributed by atoms with Crippen molar-refractivity contribution < 1.29 is 8.78 Å². The third-order valence-electron chi connectivity index (χ3n) is 2.72. The van der Waals surface area contributed by atoms with Gasteiger partial charge in [-0.25, -0.2) is 8.78 Å². The summed E-state index contributed by atoms with van der Waals surface area (Å²) in [5.41, 5.74) is 0.568. The molecule has 15 heavy (non-hydrogen) atoms. The second-order valence-corrected chi connectivity index (χ2v) is 4.38. The van der Waals surface area contributed by atoms with Crippen LogP contribution in [-0.4, -0.2) is 0 Å². The molecule has 3 heteroatoms. The van der Waals surface area contributed by atoms with Gasteiger partial charge in [0.15, 0.2) is 0 Å². The molecule has 0 aromatic heterocycles. The Morgan fingerprint density at radius 1 is 1.27 bits per heavy atom. The van der Waals surface area contributed by atoms with Crippen LogP contribution in [0.15, 0.2) is 12.1 Å². The van der Waals surface area contributed by atoms with Gasteiger partial charge >= 0.3 is 0 Å². The maximum atomic E-state index is 13.5. The minimum absolute atomic E-state index is 0.128. The zero-order valence-corrected chi connectivity index (χ0v) is 9.91. The lowest BCUT2D eigenvalue weighted by molar-refractivity contribution is 0.508. The van der Waals surface area contributed by atoms with Crippen LogP contribution < -0.4 is 0 Å². The fourth-order valence-electron chi connectivity index (χ4n) is 1.39. The van der Waals surface area contributed by atoms with Crippen LogP contribution in [0.2, 0.25) is 0 Å². The van der Waals surface area contributed by atoms with Crippen LogP contribution in [0.3, 0.4) is 0 Å². The molecular formula is C12H15ClF2. The van der Waals surface area contributed by atoms with Gasteiger partial charge in [0, 0.05) is 5.56 Å². The number of rotatable bonds is 3. The summed E-state index contributed by atoms with van der Waals surface area (Å²) >= 11 is 6.08. The molecule has 0 bridgehead atoms. The van der Waals surface area contributed by atoms with E-state index in [-0.39, 0.29) is 11.5 Å². The highest BCUT2D eigenvalue weighted by molar-refractivity contribution is 6.21. The molecule has 1 aromatic rings. The Labute approximate surface area is 94.3 Å². The van der Waals surface area contributed by atoms with Crippen LogP contribution in [-0.2, 0) is 0 Å². The predicted octanol–water partition coefficient (Wildman–Crippen LogP) is 4.60. The Balaban J connectivity index is 3.09. The van der Waals surface area contributed by atoms with Crippen molar-refractivity contribution in [1.29, 1.82) is 0 Å². The standard InChI is InChI=1S/C12H15ClF2/c1-4-7(2)12(13)9-6-10(14)8(3)5-11(9)15/h5-7,12H,4H2,1-3H3. The van der Waals surface area contributed by atoms with Crippen LogP contribution in [0.5, 0.6) is 0 Å². The largest absolute Gasteiger partial charge is 0.207 e. The van der Waals surface area contributed by atoms with Crippen LogP contribution >= 0.6 is 11.6 Å². The fraction of sp³-hybridized carbons (Fsp3) is 0.500. The van der Waals surface area contributed by atoms with Crippen LogP contribution in [0.4, 0.5) is 8.78 Å². The molecular weight excluding hydrogens is 218 g/mol. The number of benzene rings is 1. The number of aryl methyl sites for hydroxylation is 1. The number of halogens is 3. The van der Waals surface area contributed by atoms with Crippen molar-refractivity contribution >= 4 is 11.6 Å². The number of hydrogen-bond donors (Lipinski definition) is 0. The highest BCUT2D eigenvalue weighted by Gasteiger charge is 2.20. The number of hydrogen-bond acceptors (Lipinski definition) is 0. The van der Waals surface area contributed by atoms with E-state index in [9.17, 15) is 8.78 Å². The van der Waals surface area contributed by atoms with Crippen molar-refractivity contribution in [2.24, 2.45) is 5.92 Å². The Hall–Kier alpha value is -0.630. The minimum atomic E-state index is -0.468. The predicted molar refractivity (Wildman–Crippen MR) is 59.1 cm³/mol. The first-order valence-electron chi connectivity index (χ1n) is 5.07. The van der Waals surface area contributed by atoms with Crippen molar-refractivity contribution in [3.63, 3.8) is 0 Å². The van der Waals surface area contributed by atoms with Gasteiger partial charge < -0.3 is 0 Å². The average molecular weight is 233 g/mol. The average Bonchev–Trinajstić information content (AvgIpc) is 2.21. The first kappa shape index (κ1) is 12.4. The molecule has 0 aliphatic rings. The lowest BCUT2D eigenvalue weighted by atomic mass is 9.97. The Morgan fingerprint density at radius 3 is 2.40 bits per heavy atom. The van der Waals surface area contributed by atoms with Crippen molar-refractivity contribution in [2.45, 2.75) is 32.6 Å². The monoisotopic (exact) mass is 232 g/mol. The molecule has 0 aliphatic heterocycles. The molecule has 0 nitrogen and oxygen atoms in total. The van der Waals surface area contributed by atoms with E-state index in [2.05, 4.69) is 0 Å². The zero-order valence-electron chi connectivity index (χ0n) is 9.15. The second-order valence-electron chi connectivity index (χ2n) is 3.91. The summed E-state index contributed by atoms with van der Waals surface area (Å²) in [4.78, 5) is 0. The molecule has 0 aliphatic carbocycles. The van der Waals surface area contributed by atoms with Gasteiger partial charge in [-0.15, -0.1) is 11.6 Å². The van der Waals surface area contributed by atoms with Gasteiger partial charge in [-0.2, -0.15) is 0 Å². The van der Waals surface area contributed by atoms with E-state index in [0.29, 0.717) is 5.56 Å². The zero-order chi connectivity index (χ0) is 11.6. The highest BCUT2D eigenvalue weighted by atomic mass is 35.5. The molecule has 0 saturated heterocycles. The Kier molecular flexibility index (Phi) is 4.09. The summed E-state index contributed by atoms with van der Waals surface area (Å²) in [5, 5.41) is -0.468. The van der Waals surface area contributed by atoms with Gasteiger partial charge in [-0.1, -0.05) is 20.3 Å². The first-order valence-corrected chi connectivity index (χ1v) is 5.50. The molecule has 0 heterocycles. The molecule has 0 radical (unpaired) electrons. The summed E-state index contributed by atoms with van der Waals surface area (Å²) in [6, 6.07) is 2.40. The molecule has 1 rings (SSSR count). The number of alkyl halides is 1. The fourth-order valence-corrected chi connectivity index (χ4v) is 1.73. The van der Waals surface area contributed by atoms with Crippen molar-refractivity contribution in [3.8, 4) is 0 Å². The van der Waals surface area contributed by atoms with Crippen molar-refractivity contribution in [2.75, 3.05) is 0 Å². The smallest absolute Gasteiger partial charge is 0.128 e. The second kappa shape index (κ2) is 4.93. The maximum absolute atomic E-state index is 13.5. The van der Waals surface area contributed by atoms with E-state index in [1.54, 1.807) is 0 Å². The molecule has 0 spiro atoms. The first-order chi connectivity index (χ1) is 6.97. The molecule has 0 N–H and O–H groups in total. The van der Waals surface area contributed by atoms with Gasteiger partial charge in [-0.05, 0) is 30.5 Å². The third-order valence-corrected chi connectivity index (χ3v) is 3.38. The van der Waals surface area contributed by atoms with E-state index < -0.39 is 17.0 Å². The lowest BCUT2D eigenvalue weighted by Gasteiger charge is -2.17. The molecule has 84 valence electrons. The topological polar surface area (TPSA) is 0 Å². The van der Waals surface area contributed by atoms with Crippen molar-refractivity contribution in [1.82, 2.24) is 0 Å². The van der Waals surface area contributed by atoms with Gasteiger partial charge in [0.05, 0.1) is 5.38 Å². The summed E-state index contributed by atoms with van der Waals surface area (Å²) in [5.74, 6) is -0.696. The van der Waals surface area contributed by atoms with E-state index >= 15 is 0 Å². The molecule has 2 unspecified atom stereocenters. The Morgan fingerprint density at radius 2 is 1.87 bits per heavy atom. The van der Waals surface area contributed by atoms with Gasteiger partial charge in [0.25, 0.3) is 0 Å². The molecule has 1 aromatic carbocycles. The highest BCUT2D eigenvalue weighted by Crippen LogP contribution is 2.33. The van der Waals surface area contributed by atoms with Crippen molar-refractivity contribution in [3.05, 3.63) is 34.9 Å². The molecule has 2 atom stereocenters. The normalized spacial score (nSPS) is 15.1. The van der Waals surface area contributed by atoms with E-state index in [0.717, 1.165) is 6.42 Å². The molecule has 0 saturated carbocycles. The van der Waals surface area contributed by atoms with Gasteiger partial charge in [0.2, 0.25) is 0 Å². The summed E-state index contributed by atoms with van der Waals surface area (Å²) < 4.78 is 26.8. The molecule has 0 fully saturated rings. The van der Waals surface area contributed by atoms with Crippen LogP contribution in [0, 0.1) is 24.5 Å². The van der Waals surface area contributed by atoms with E-state index in [4.69, 9.17) is 11.6 Å². The van der Waals surface area contributed by atoms with Crippen LogP contribution in [0.1, 0.15) is 36.8 Å². The van der Waals surface area contributed by atoms with Gasteiger partial charge in [0.1, 0.15) is 11.6 Å². The third kappa shape index (κ3) is 2.69. The molecule has 0 amide bonds. The summed E-state index contributed by atoms with van der Waals surface area (Å²) in [6.07, 6.45) is 0.836. The van der Waals surface area contributed by atoms with E-state index in [1.165, 1.54) is 19.1 Å². The van der Waals surface area contributed by atoms with E-state index in [1.807, 2.05) is 13.8 Å². The maximum Gasteiger partial charge on any atom is 0.128 e. The Bertz CT molecular complexity index is 350. The summed E-state index contributed by atoms with van der Waals surface area (Å²) in [6.45, 7) is 5.44. The quantitative estimate of drug-likeness (QED) is 0.669. The lowest BCUT2D eigenvalue weighted by Crippen LogP contribution is -2.06. The van der Waals surface area contributed by atoms with Gasteiger partial charge in [-0.3, -0.25) is 0 Å². The summed E-state index contributed by atoms with van der Waals surface area (Å²) in [7, 11) is 0.